The molecular weight excluding hydrogens is 289 g/mol. The van der Waals surface area contributed by atoms with Crippen molar-refractivity contribution in [2.75, 3.05) is 11.9 Å². The highest BCUT2D eigenvalue weighted by atomic mass is 19.4. The van der Waals surface area contributed by atoms with Gasteiger partial charge >= 0.3 is 6.18 Å². The summed E-state index contributed by atoms with van der Waals surface area (Å²) < 4.78 is 40.3. The molecule has 1 atom stereocenters. The highest BCUT2D eigenvalue weighted by molar-refractivity contribution is 5.90. The lowest BCUT2D eigenvalue weighted by Crippen LogP contribution is -2.23. The Bertz CT molecular complexity index is 461. The zero-order valence-electron chi connectivity index (χ0n) is 11.6. The van der Waals surface area contributed by atoms with E-state index in [0.717, 1.165) is 0 Å². The van der Waals surface area contributed by atoms with E-state index in [1.165, 1.54) is 18.3 Å². The number of ether oxygens (including phenoxy) is 1. The number of aromatic nitrogens is 1. The molecule has 0 bridgehead atoms. The molecule has 0 aliphatic heterocycles. The molecule has 0 radical (unpaired) electrons. The molecule has 0 aliphatic carbocycles. The molecular formula is C13H17F3N2O3. The molecule has 1 unspecified atom stereocenters. The van der Waals surface area contributed by atoms with Gasteiger partial charge in [0.2, 0.25) is 11.8 Å². The average Bonchev–Trinajstić information content (AvgIpc) is 2.36. The molecule has 21 heavy (non-hydrogen) atoms. The van der Waals surface area contributed by atoms with Crippen LogP contribution in [0.5, 0.6) is 5.88 Å². The van der Waals surface area contributed by atoms with Crippen molar-refractivity contribution in [1.82, 2.24) is 4.98 Å². The predicted octanol–water partition coefficient (Wildman–Crippen LogP) is 2.37. The minimum Gasteiger partial charge on any atom is -0.468 e. The van der Waals surface area contributed by atoms with Crippen LogP contribution in [0.15, 0.2) is 18.3 Å². The first kappa shape index (κ1) is 17.2. The van der Waals surface area contributed by atoms with Crippen molar-refractivity contribution >= 4 is 11.6 Å². The average molecular weight is 306 g/mol. The Labute approximate surface area is 120 Å². The first-order valence-corrected chi connectivity index (χ1v) is 6.31. The number of carbonyl (C=O) groups is 1. The highest BCUT2D eigenvalue weighted by Crippen LogP contribution is 2.18. The maximum atomic E-state index is 11.9. The lowest BCUT2D eigenvalue weighted by molar-refractivity contribution is -0.154. The summed E-state index contributed by atoms with van der Waals surface area (Å²) in [6.45, 7) is 2.14. The van der Waals surface area contributed by atoms with Crippen LogP contribution in [0, 0.1) is 5.92 Å². The van der Waals surface area contributed by atoms with Crippen molar-refractivity contribution < 1.29 is 27.8 Å². The van der Waals surface area contributed by atoms with E-state index in [1.807, 2.05) is 0 Å². The smallest absolute Gasteiger partial charge is 0.422 e. The van der Waals surface area contributed by atoms with Crippen molar-refractivity contribution in [3.63, 3.8) is 0 Å². The Morgan fingerprint density at radius 1 is 1.43 bits per heavy atom. The molecule has 8 heteroatoms. The minimum atomic E-state index is -4.43. The van der Waals surface area contributed by atoms with Crippen molar-refractivity contribution in [1.29, 1.82) is 0 Å². The molecule has 5 nitrogen and oxygen atoms in total. The topological polar surface area (TPSA) is 71.5 Å². The van der Waals surface area contributed by atoms with Crippen LogP contribution in [0.2, 0.25) is 0 Å². The number of hydrogen-bond donors (Lipinski definition) is 2. The molecule has 0 spiro atoms. The lowest BCUT2D eigenvalue weighted by Gasteiger charge is -2.14. The number of pyridine rings is 1. The number of aliphatic hydroxyl groups excluding tert-OH is 1. The molecule has 0 saturated heterocycles. The summed E-state index contributed by atoms with van der Waals surface area (Å²) in [5.74, 6) is -0.637. The zero-order chi connectivity index (χ0) is 16.0. The number of amides is 1. The second-order valence-corrected chi connectivity index (χ2v) is 4.85. The van der Waals surface area contributed by atoms with Crippen LogP contribution in [0.3, 0.4) is 0 Å². The van der Waals surface area contributed by atoms with Gasteiger partial charge in [0.15, 0.2) is 6.61 Å². The van der Waals surface area contributed by atoms with E-state index < -0.39 is 24.8 Å². The zero-order valence-corrected chi connectivity index (χ0v) is 11.6. The van der Waals surface area contributed by atoms with Gasteiger partial charge in [-0.2, -0.15) is 13.2 Å². The third kappa shape index (κ3) is 6.94. The van der Waals surface area contributed by atoms with Crippen LogP contribution in [0.4, 0.5) is 18.9 Å². The van der Waals surface area contributed by atoms with E-state index in [-0.39, 0.29) is 18.2 Å². The van der Waals surface area contributed by atoms with E-state index in [9.17, 15) is 23.1 Å². The molecule has 0 fully saturated rings. The van der Waals surface area contributed by atoms with Crippen LogP contribution in [-0.4, -0.2) is 34.9 Å². The van der Waals surface area contributed by atoms with Crippen LogP contribution >= 0.6 is 0 Å². The summed E-state index contributed by atoms with van der Waals surface area (Å²) in [6.07, 6.45) is -4.07. The summed E-state index contributed by atoms with van der Waals surface area (Å²) in [6, 6.07) is 2.60. The van der Waals surface area contributed by atoms with Gasteiger partial charge in [-0.1, -0.05) is 13.8 Å². The number of rotatable bonds is 6. The fraction of sp³-hybridized carbons (Fsp3) is 0.538. The monoisotopic (exact) mass is 306 g/mol. The van der Waals surface area contributed by atoms with Gasteiger partial charge in [-0.15, -0.1) is 0 Å². The molecule has 0 saturated carbocycles. The van der Waals surface area contributed by atoms with Crippen molar-refractivity contribution in [3.8, 4) is 5.88 Å². The first-order chi connectivity index (χ1) is 9.67. The number of anilines is 1. The number of aliphatic hydroxyl groups is 1. The molecule has 1 aromatic rings. The van der Waals surface area contributed by atoms with Gasteiger partial charge in [-0.25, -0.2) is 4.98 Å². The lowest BCUT2D eigenvalue weighted by atomic mass is 10.0. The quantitative estimate of drug-likeness (QED) is 0.846. The summed E-state index contributed by atoms with van der Waals surface area (Å²) in [5, 5.41) is 12.1. The van der Waals surface area contributed by atoms with Gasteiger partial charge in [-0.3, -0.25) is 4.79 Å². The van der Waals surface area contributed by atoms with Crippen LogP contribution < -0.4 is 10.1 Å². The third-order valence-electron chi connectivity index (χ3n) is 2.57. The number of alkyl halides is 3. The van der Waals surface area contributed by atoms with Crippen molar-refractivity contribution in [2.45, 2.75) is 32.5 Å². The Hall–Kier alpha value is -1.83. The molecule has 2 N–H and O–H groups in total. The van der Waals surface area contributed by atoms with Gasteiger partial charge in [0.25, 0.3) is 0 Å². The van der Waals surface area contributed by atoms with Gasteiger partial charge in [0.05, 0.1) is 24.4 Å². The van der Waals surface area contributed by atoms with E-state index in [1.54, 1.807) is 13.8 Å². The van der Waals surface area contributed by atoms with Crippen molar-refractivity contribution in [3.05, 3.63) is 18.3 Å². The maximum Gasteiger partial charge on any atom is 0.422 e. The molecule has 1 amide bonds. The maximum absolute atomic E-state index is 11.9. The second kappa shape index (κ2) is 7.26. The number of carbonyl (C=O) groups excluding carboxylic acids is 1. The number of halogens is 3. The number of nitrogens with one attached hydrogen (secondary N) is 1. The summed E-state index contributed by atoms with van der Waals surface area (Å²) in [5.41, 5.74) is 0.315. The summed E-state index contributed by atoms with van der Waals surface area (Å²) in [4.78, 5) is 15.2. The second-order valence-electron chi connectivity index (χ2n) is 4.85. The van der Waals surface area contributed by atoms with E-state index in [0.29, 0.717) is 5.69 Å². The SMILES string of the molecule is CC(C)C(O)CC(=O)Nc1ccc(OCC(F)(F)F)nc1. The van der Waals surface area contributed by atoms with Gasteiger partial charge in [0, 0.05) is 6.07 Å². The van der Waals surface area contributed by atoms with Crippen LogP contribution in [0.1, 0.15) is 20.3 Å². The van der Waals surface area contributed by atoms with Gasteiger partial charge in [0.1, 0.15) is 0 Å². The molecule has 118 valence electrons. The summed E-state index contributed by atoms with van der Waals surface area (Å²) in [7, 11) is 0. The Morgan fingerprint density at radius 2 is 2.10 bits per heavy atom. The fourth-order valence-corrected chi connectivity index (χ4v) is 1.33. The third-order valence-corrected chi connectivity index (χ3v) is 2.57. The molecule has 0 aliphatic rings. The number of hydrogen-bond acceptors (Lipinski definition) is 4. The Morgan fingerprint density at radius 3 is 2.57 bits per heavy atom. The Kier molecular flexibility index (Phi) is 5.95. The highest BCUT2D eigenvalue weighted by Gasteiger charge is 2.28. The normalized spacial score (nSPS) is 13.1. The standard InChI is InChI=1S/C13H17F3N2O3/c1-8(2)10(19)5-11(20)18-9-3-4-12(17-6-9)21-7-13(14,15)16/h3-4,6,8,10,19H,5,7H2,1-2H3,(H,18,20). The molecule has 1 aromatic heterocycles. The van der Waals surface area contributed by atoms with E-state index in [4.69, 9.17) is 0 Å². The first-order valence-electron chi connectivity index (χ1n) is 6.31. The number of nitrogens with zero attached hydrogens (tertiary/aromatic N) is 1. The van der Waals surface area contributed by atoms with Crippen LogP contribution in [-0.2, 0) is 4.79 Å². The van der Waals surface area contributed by atoms with Crippen LogP contribution in [0.25, 0.3) is 0 Å². The van der Waals surface area contributed by atoms with E-state index in [2.05, 4.69) is 15.0 Å². The van der Waals surface area contributed by atoms with Gasteiger partial charge < -0.3 is 15.2 Å². The van der Waals surface area contributed by atoms with Crippen molar-refractivity contribution in [2.24, 2.45) is 5.92 Å². The van der Waals surface area contributed by atoms with E-state index >= 15 is 0 Å². The molecule has 1 rings (SSSR count). The minimum absolute atomic E-state index is 0.0491. The largest absolute Gasteiger partial charge is 0.468 e. The fourth-order valence-electron chi connectivity index (χ4n) is 1.33. The van der Waals surface area contributed by atoms with Gasteiger partial charge in [-0.05, 0) is 12.0 Å². The predicted molar refractivity (Wildman–Crippen MR) is 69.9 cm³/mol. The summed E-state index contributed by atoms with van der Waals surface area (Å²) >= 11 is 0. The molecule has 0 aromatic carbocycles. The Balaban J connectivity index is 2.49. The molecule has 1 heterocycles.